The molecule has 1 aliphatic rings. The van der Waals surface area contributed by atoms with Crippen molar-refractivity contribution in [1.29, 1.82) is 0 Å². The quantitative estimate of drug-likeness (QED) is 0.850. The molecule has 2 nitrogen and oxygen atoms in total. The van der Waals surface area contributed by atoms with E-state index in [9.17, 15) is 4.39 Å². The Bertz CT molecular complexity index is 359. The van der Waals surface area contributed by atoms with Crippen molar-refractivity contribution in [3.8, 4) is 5.75 Å². The van der Waals surface area contributed by atoms with E-state index in [0.29, 0.717) is 11.3 Å². The second kappa shape index (κ2) is 4.42. The lowest BCUT2D eigenvalue weighted by Crippen LogP contribution is -2.39. The van der Waals surface area contributed by atoms with Crippen LogP contribution in [0, 0.1) is 0 Å². The van der Waals surface area contributed by atoms with Crippen LogP contribution >= 0.6 is 0 Å². The summed E-state index contributed by atoms with van der Waals surface area (Å²) in [5, 5.41) is 3.22. The summed E-state index contributed by atoms with van der Waals surface area (Å²) in [6.45, 7) is 2.55. The molecule has 1 saturated heterocycles. The van der Waals surface area contributed by atoms with Crippen LogP contribution in [-0.2, 0) is 5.67 Å². The minimum atomic E-state index is -1.33. The van der Waals surface area contributed by atoms with Crippen LogP contribution in [0.4, 0.5) is 4.39 Å². The minimum Gasteiger partial charge on any atom is -0.497 e. The van der Waals surface area contributed by atoms with Gasteiger partial charge in [-0.3, -0.25) is 0 Å². The third-order valence-electron chi connectivity index (χ3n) is 3.35. The molecule has 0 aromatic heterocycles. The van der Waals surface area contributed by atoms with Crippen molar-refractivity contribution in [1.82, 2.24) is 5.32 Å². The number of hydrogen-bond acceptors (Lipinski definition) is 2. The average molecular weight is 223 g/mol. The Morgan fingerprint density at radius 3 is 2.94 bits per heavy atom. The number of hydrogen-bond donors (Lipinski definition) is 1. The molecule has 1 aromatic rings. The predicted octanol–water partition coefficient (Wildman–Crippen LogP) is 2.63. The van der Waals surface area contributed by atoms with E-state index in [1.54, 1.807) is 20.1 Å². The highest BCUT2D eigenvalue weighted by Crippen LogP contribution is 2.34. The van der Waals surface area contributed by atoms with Gasteiger partial charge < -0.3 is 10.1 Å². The number of halogens is 1. The molecule has 1 aliphatic heterocycles. The largest absolute Gasteiger partial charge is 0.497 e. The summed E-state index contributed by atoms with van der Waals surface area (Å²) in [4.78, 5) is 0. The molecule has 0 aliphatic carbocycles. The van der Waals surface area contributed by atoms with E-state index in [0.717, 1.165) is 19.4 Å². The van der Waals surface area contributed by atoms with Crippen molar-refractivity contribution < 1.29 is 9.13 Å². The van der Waals surface area contributed by atoms with Crippen molar-refractivity contribution in [2.75, 3.05) is 13.7 Å². The Morgan fingerprint density at radius 1 is 1.50 bits per heavy atom. The van der Waals surface area contributed by atoms with Crippen LogP contribution in [0.25, 0.3) is 0 Å². The molecule has 16 heavy (non-hydrogen) atoms. The maximum atomic E-state index is 14.7. The highest BCUT2D eigenvalue weighted by atomic mass is 19.1. The lowest BCUT2D eigenvalue weighted by molar-refractivity contribution is 0.136. The molecule has 1 aromatic carbocycles. The maximum Gasteiger partial charge on any atom is 0.148 e. The number of methoxy groups -OCH3 is 1. The fraction of sp³-hybridized carbons (Fsp3) is 0.538. The van der Waals surface area contributed by atoms with Crippen LogP contribution in [0.3, 0.4) is 0 Å². The molecule has 88 valence electrons. The van der Waals surface area contributed by atoms with Gasteiger partial charge in [0.25, 0.3) is 0 Å². The van der Waals surface area contributed by atoms with Gasteiger partial charge in [-0.2, -0.15) is 0 Å². The van der Waals surface area contributed by atoms with Crippen LogP contribution < -0.4 is 10.1 Å². The first-order chi connectivity index (χ1) is 7.64. The second-order valence-corrected chi connectivity index (χ2v) is 4.46. The number of alkyl halides is 1. The number of ether oxygens (including phenoxy) is 1. The van der Waals surface area contributed by atoms with Gasteiger partial charge in [0.1, 0.15) is 11.4 Å². The minimum absolute atomic E-state index is 0.0837. The molecule has 2 rings (SSSR count). The highest BCUT2D eigenvalue weighted by Gasteiger charge is 2.37. The normalized spacial score (nSPS) is 24.1. The molecule has 0 bridgehead atoms. The first-order valence-corrected chi connectivity index (χ1v) is 5.71. The predicted molar refractivity (Wildman–Crippen MR) is 62.5 cm³/mol. The fourth-order valence-electron chi connectivity index (χ4n) is 2.28. The van der Waals surface area contributed by atoms with E-state index in [1.165, 1.54) is 0 Å². The lowest BCUT2D eigenvalue weighted by Gasteiger charge is -2.28. The molecule has 1 heterocycles. The first kappa shape index (κ1) is 11.4. The van der Waals surface area contributed by atoms with E-state index < -0.39 is 5.67 Å². The Kier molecular flexibility index (Phi) is 3.15. The summed E-state index contributed by atoms with van der Waals surface area (Å²) in [5.41, 5.74) is -0.642. The van der Waals surface area contributed by atoms with Crippen molar-refractivity contribution in [3.05, 3.63) is 29.8 Å². The van der Waals surface area contributed by atoms with Gasteiger partial charge in [-0.25, -0.2) is 4.39 Å². The third-order valence-corrected chi connectivity index (χ3v) is 3.35. The van der Waals surface area contributed by atoms with Gasteiger partial charge in [-0.05, 0) is 44.0 Å². The fourth-order valence-corrected chi connectivity index (χ4v) is 2.28. The molecule has 0 saturated carbocycles. The molecule has 0 radical (unpaired) electrons. The molecule has 1 N–H and O–H groups in total. The number of nitrogens with one attached hydrogen (secondary N) is 1. The summed E-state index contributed by atoms with van der Waals surface area (Å²) >= 11 is 0. The monoisotopic (exact) mass is 223 g/mol. The van der Waals surface area contributed by atoms with Crippen molar-refractivity contribution in [3.63, 3.8) is 0 Å². The zero-order valence-electron chi connectivity index (χ0n) is 9.79. The Labute approximate surface area is 95.8 Å². The summed E-state index contributed by atoms with van der Waals surface area (Å²) in [5.74, 6) is 0.708. The summed E-state index contributed by atoms with van der Waals surface area (Å²) in [6, 6.07) is 7.19. The Hall–Kier alpha value is -1.09. The van der Waals surface area contributed by atoms with Crippen LogP contribution in [0.2, 0.25) is 0 Å². The smallest absolute Gasteiger partial charge is 0.148 e. The SMILES string of the molecule is COc1cccc(C(C)(F)C2CCCN2)c1. The van der Waals surface area contributed by atoms with Crippen LogP contribution in [0.5, 0.6) is 5.75 Å². The van der Waals surface area contributed by atoms with Crippen molar-refractivity contribution in [2.24, 2.45) is 0 Å². The molecule has 0 amide bonds. The van der Waals surface area contributed by atoms with E-state index >= 15 is 0 Å². The first-order valence-electron chi connectivity index (χ1n) is 5.71. The van der Waals surface area contributed by atoms with Gasteiger partial charge in [-0.15, -0.1) is 0 Å². The van der Waals surface area contributed by atoms with Gasteiger partial charge in [0.2, 0.25) is 0 Å². The van der Waals surface area contributed by atoms with Gasteiger partial charge in [-0.1, -0.05) is 12.1 Å². The summed E-state index contributed by atoms with van der Waals surface area (Å²) in [6.07, 6.45) is 1.94. The summed E-state index contributed by atoms with van der Waals surface area (Å²) in [7, 11) is 1.60. The van der Waals surface area contributed by atoms with Crippen LogP contribution in [0.15, 0.2) is 24.3 Å². The maximum absolute atomic E-state index is 14.7. The third kappa shape index (κ3) is 2.05. The molecule has 1 fully saturated rings. The van der Waals surface area contributed by atoms with E-state index in [2.05, 4.69) is 5.32 Å². The second-order valence-electron chi connectivity index (χ2n) is 4.46. The van der Waals surface area contributed by atoms with Gasteiger partial charge in [0, 0.05) is 6.04 Å². The molecular weight excluding hydrogens is 205 g/mol. The highest BCUT2D eigenvalue weighted by molar-refractivity contribution is 5.33. The van der Waals surface area contributed by atoms with E-state index in [-0.39, 0.29) is 6.04 Å². The van der Waals surface area contributed by atoms with E-state index in [4.69, 9.17) is 4.74 Å². The summed E-state index contributed by atoms with van der Waals surface area (Å²) < 4.78 is 19.9. The topological polar surface area (TPSA) is 21.3 Å². The van der Waals surface area contributed by atoms with Crippen LogP contribution in [-0.4, -0.2) is 19.7 Å². The molecular formula is C13H18FNO. The molecule has 0 spiro atoms. The van der Waals surface area contributed by atoms with Gasteiger partial charge in [0.05, 0.1) is 7.11 Å². The zero-order chi connectivity index (χ0) is 11.6. The van der Waals surface area contributed by atoms with Crippen molar-refractivity contribution >= 4 is 0 Å². The Balaban J connectivity index is 2.26. The van der Waals surface area contributed by atoms with E-state index in [1.807, 2.05) is 18.2 Å². The lowest BCUT2D eigenvalue weighted by atomic mass is 9.89. The Morgan fingerprint density at radius 2 is 2.31 bits per heavy atom. The van der Waals surface area contributed by atoms with Crippen LogP contribution in [0.1, 0.15) is 25.3 Å². The molecule has 3 heteroatoms. The number of rotatable bonds is 3. The van der Waals surface area contributed by atoms with Gasteiger partial charge in [0.15, 0.2) is 0 Å². The van der Waals surface area contributed by atoms with Crippen molar-refractivity contribution in [2.45, 2.75) is 31.5 Å². The zero-order valence-corrected chi connectivity index (χ0v) is 9.79. The number of benzene rings is 1. The molecule has 2 atom stereocenters. The molecule has 2 unspecified atom stereocenters. The average Bonchev–Trinajstić information content (AvgIpc) is 2.83. The van der Waals surface area contributed by atoms with Gasteiger partial charge >= 0.3 is 0 Å². The standard InChI is InChI=1S/C13H18FNO/c1-13(14,12-7-4-8-15-12)10-5-3-6-11(9-10)16-2/h3,5-6,9,12,15H,4,7-8H2,1-2H3.